The van der Waals surface area contributed by atoms with Gasteiger partial charge in [-0.05, 0) is 40.2 Å². The van der Waals surface area contributed by atoms with Crippen LogP contribution in [0, 0.1) is 0 Å². The highest BCUT2D eigenvalue weighted by Gasteiger charge is 2.35. The van der Waals surface area contributed by atoms with Crippen molar-refractivity contribution >= 4 is 18.0 Å². The second-order valence-electron chi connectivity index (χ2n) is 5.70. The number of hydrogen-bond acceptors (Lipinski definition) is 6. The second kappa shape index (κ2) is 6.69. The molecule has 1 saturated heterocycles. The van der Waals surface area contributed by atoms with E-state index in [0.29, 0.717) is 13.0 Å². The van der Waals surface area contributed by atoms with Crippen LogP contribution in [-0.2, 0) is 19.1 Å². The monoisotopic (exact) mass is 286 g/mol. The average molecular weight is 286 g/mol. The Morgan fingerprint density at radius 3 is 2.50 bits per heavy atom. The van der Waals surface area contributed by atoms with Crippen LogP contribution in [0.5, 0.6) is 0 Å². The maximum Gasteiger partial charge on any atom is 0.413 e. The van der Waals surface area contributed by atoms with Crippen molar-refractivity contribution in [3.8, 4) is 0 Å². The van der Waals surface area contributed by atoms with Gasteiger partial charge in [0.2, 0.25) is 5.91 Å². The number of nitrogens with one attached hydrogen (secondary N) is 1. The van der Waals surface area contributed by atoms with E-state index in [1.807, 2.05) is 0 Å². The second-order valence-corrected chi connectivity index (χ2v) is 5.70. The van der Waals surface area contributed by atoms with Crippen molar-refractivity contribution in [3.63, 3.8) is 0 Å². The fraction of sp³-hybridized carbons (Fsp3) is 0.769. The first-order valence-electron chi connectivity index (χ1n) is 6.57. The Bertz CT molecular complexity index is 389. The summed E-state index contributed by atoms with van der Waals surface area (Å²) in [6.07, 6.45) is 0.665. The normalized spacial score (nSPS) is 19.5. The smallest absolute Gasteiger partial charge is 0.413 e. The SMILES string of the molecule is COC(=O)NC(=O)CN1CCC[C@@H]1C(=O)OC(C)(C)C. The van der Waals surface area contributed by atoms with Gasteiger partial charge >= 0.3 is 12.1 Å². The van der Waals surface area contributed by atoms with Crippen LogP contribution in [0.3, 0.4) is 0 Å². The van der Waals surface area contributed by atoms with Gasteiger partial charge in [-0.1, -0.05) is 0 Å². The molecule has 0 bridgehead atoms. The van der Waals surface area contributed by atoms with Crippen LogP contribution < -0.4 is 5.32 Å². The molecule has 1 aliphatic heterocycles. The topological polar surface area (TPSA) is 84.9 Å². The Morgan fingerprint density at radius 1 is 1.30 bits per heavy atom. The van der Waals surface area contributed by atoms with Gasteiger partial charge in [0.1, 0.15) is 11.6 Å². The number of alkyl carbamates (subject to hydrolysis) is 1. The fourth-order valence-corrected chi connectivity index (χ4v) is 2.04. The summed E-state index contributed by atoms with van der Waals surface area (Å²) in [5.41, 5.74) is -0.556. The van der Waals surface area contributed by atoms with Crippen LogP contribution in [0.2, 0.25) is 0 Å². The maximum absolute atomic E-state index is 12.0. The number of rotatable bonds is 3. The van der Waals surface area contributed by atoms with Crippen LogP contribution in [0.1, 0.15) is 33.6 Å². The molecule has 0 aromatic heterocycles. The van der Waals surface area contributed by atoms with E-state index in [-0.39, 0.29) is 12.5 Å². The largest absolute Gasteiger partial charge is 0.459 e. The lowest BCUT2D eigenvalue weighted by Crippen LogP contribution is -2.46. The predicted octanol–water partition coefficient (Wildman–Crippen LogP) is 0.675. The summed E-state index contributed by atoms with van der Waals surface area (Å²) in [6.45, 7) is 5.99. The molecule has 0 saturated carbocycles. The number of hydrogen-bond donors (Lipinski definition) is 1. The summed E-state index contributed by atoms with van der Waals surface area (Å²) in [4.78, 5) is 36.3. The molecule has 1 fully saturated rings. The van der Waals surface area contributed by atoms with E-state index >= 15 is 0 Å². The number of methoxy groups -OCH3 is 1. The van der Waals surface area contributed by atoms with E-state index < -0.39 is 23.6 Å². The lowest BCUT2D eigenvalue weighted by molar-refractivity contribution is -0.160. The van der Waals surface area contributed by atoms with Gasteiger partial charge in [-0.25, -0.2) is 4.79 Å². The fourth-order valence-electron chi connectivity index (χ4n) is 2.04. The molecule has 114 valence electrons. The van der Waals surface area contributed by atoms with Gasteiger partial charge in [-0.2, -0.15) is 0 Å². The molecular weight excluding hydrogens is 264 g/mol. The molecule has 0 aliphatic carbocycles. The standard InChI is InChI=1S/C13H22N2O5/c1-13(2,3)20-11(17)9-6-5-7-15(9)8-10(16)14-12(18)19-4/h9H,5-8H2,1-4H3,(H,14,16,18)/t9-/m1/s1. The van der Waals surface area contributed by atoms with Gasteiger partial charge in [0.25, 0.3) is 0 Å². The molecule has 0 unspecified atom stereocenters. The lowest BCUT2D eigenvalue weighted by atomic mass is 10.1. The van der Waals surface area contributed by atoms with E-state index in [4.69, 9.17) is 4.74 Å². The van der Waals surface area contributed by atoms with Crippen molar-refractivity contribution in [2.45, 2.75) is 45.3 Å². The Balaban J connectivity index is 2.55. The Kier molecular flexibility index (Phi) is 5.50. The van der Waals surface area contributed by atoms with Gasteiger partial charge in [0.05, 0.1) is 13.7 Å². The lowest BCUT2D eigenvalue weighted by Gasteiger charge is -2.26. The molecule has 7 heteroatoms. The summed E-state index contributed by atoms with van der Waals surface area (Å²) in [7, 11) is 1.18. The Labute approximate surface area is 118 Å². The zero-order valence-electron chi connectivity index (χ0n) is 12.4. The highest BCUT2D eigenvalue weighted by Crippen LogP contribution is 2.20. The summed E-state index contributed by atoms with van der Waals surface area (Å²) >= 11 is 0. The van der Waals surface area contributed by atoms with Gasteiger partial charge in [-0.3, -0.25) is 19.8 Å². The molecule has 1 aliphatic rings. The number of carbonyl (C=O) groups excluding carboxylic acids is 3. The summed E-state index contributed by atoms with van der Waals surface area (Å²) in [5, 5.41) is 2.07. The number of likely N-dealkylation sites (tertiary alicyclic amines) is 1. The van der Waals surface area contributed by atoms with Crippen molar-refractivity contribution < 1.29 is 23.9 Å². The minimum atomic E-state index is -0.803. The van der Waals surface area contributed by atoms with Gasteiger partial charge in [0.15, 0.2) is 0 Å². The molecular formula is C13H22N2O5. The third-order valence-corrected chi connectivity index (χ3v) is 2.82. The molecule has 0 spiro atoms. The first-order valence-corrected chi connectivity index (χ1v) is 6.57. The van der Waals surface area contributed by atoms with Crippen molar-refractivity contribution in [2.24, 2.45) is 0 Å². The van der Waals surface area contributed by atoms with E-state index in [1.165, 1.54) is 7.11 Å². The minimum Gasteiger partial charge on any atom is -0.459 e. The third kappa shape index (κ3) is 5.16. The molecule has 1 atom stereocenters. The number of carbonyl (C=O) groups is 3. The molecule has 20 heavy (non-hydrogen) atoms. The highest BCUT2D eigenvalue weighted by atomic mass is 16.6. The maximum atomic E-state index is 12.0. The van der Waals surface area contributed by atoms with Crippen molar-refractivity contribution in [1.82, 2.24) is 10.2 Å². The molecule has 0 radical (unpaired) electrons. The molecule has 7 nitrogen and oxygen atoms in total. The van der Waals surface area contributed by atoms with Crippen molar-refractivity contribution in [3.05, 3.63) is 0 Å². The van der Waals surface area contributed by atoms with E-state index in [9.17, 15) is 14.4 Å². The summed E-state index contributed by atoms with van der Waals surface area (Å²) in [5.74, 6) is -0.826. The van der Waals surface area contributed by atoms with Crippen molar-refractivity contribution in [1.29, 1.82) is 0 Å². The first kappa shape index (κ1) is 16.4. The molecule has 2 amide bonds. The number of amides is 2. The van der Waals surface area contributed by atoms with E-state index in [1.54, 1.807) is 25.7 Å². The number of esters is 1. The summed E-state index contributed by atoms with van der Waals surface area (Å²) in [6, 6.07) is -0.433. The van der Waals surface area contributed by atoms with Crippen LogP contribution in [0.15, 0.2) is 0 Å². The quantitative estimate of drug-likeness (QED) is 0.768. The number of ether oxygens (including phenoxy) is 2. The van der Waals surface area contributed by atoms with Crippen LogP contribution in [-0.4, -0.2) is 54.7 Å². The highest BCUT2D eigenvalue weighted by molar-refractivity contribution is 5.93. The Hall–Kier alpha value is -1.63. The molecule has 1 rings (SSSR count). The molecule has 1 heterocycles. The number of imide groups is 1. The zero-order chi connectivity index (χ0) is 15.3. The summed E-state index contributed by atoms with van der Waals surface area (Å²) < 4.78 is 9.68. The van der Waals surface area contributed by atoms with E-state index in [0.717, 1.165) is 6.42 Å². The molecule has 0 aromatic rings. The molecule has 1 N–H and O–H groups in total. The first-order chi connectivity index (χ1) is 9.23. The van der Waals surface area contributed by atoms with Crippen LogP contribution in [0.4, 0.5) is 4.79 Å². The predicted molar refractivity (Wildman–Crippen MR) is 71.0 cm³/mol. The minimum absolute atomic E-state index is 0.0288. The molecule has 0 aromatic carbocycles. The Morgan fingerprint density at radius 2 is 1.95 bits per heavy atom. The van der Waals surface area contributed by atoms with E-state index in [2.05, 4.69) is 10.1 Å². The third-order valence-electron chi connectivity index (χ3n) is 2.82. The average Bonchev–Trinajstić information content (AvgIpc) is 2.74. The van der Waals surface area contributed by atoms with Crippen molar-refractivity contribution in [2.75, 3.05) is 20.2 Å². The number of nitrogens with zero attached hydrogens (tertiary/aromatic N) is 1. The van der Waals surface area contributed by atoms with Gasteiger partial charge in [-0.15, -0.1) is 0 Å². The van der Waals surface area contributed by atoms with Gasteiger partial charge in [0, 0.05) is 0 Å². The van der Waals surface area contributed by atoms with Crippen LogP contribution in [0.25, 0.3) is 0 Å². The zero-order valence-corrected chi connectivity index (χ0v) is 12.4. The van der Waals surface area contributed by atoms with Gasteiger partial charge < -0.3 is 9.47 Å². The van der Waals surface area contributed by atoms with Crippen LogP contribution >= 0.6 is 0 Å².